The van der Waals surface area contributed by atoms with E-state index in [2.05, 4.69) is 10.4 Å². The van der Waals surface area contributed by atoms with Crippen molar-refractivity contribution in [3.8, 4) is 11.3 Å². The van der Waals surface area contributed by atoms with E-state index in [1.807, 2.05) is 45.0 Å². The maximum atomic E-state index is 12.8. The van der Waals surface area contributed by atoms with E-state index in [9.17, 15) is 9.59 Å². The Morgan fingerprint density at radius 1 is 1.19 bits per heavy atom. The molecule has 2 aromatic heterocycles. The summed E-state index contributed by atoms with van der Waals surface area (Å²) in [7, 11) is 0. The van der Waals surface area contributed by atoms with Gasteiger partial charge in [-0.2, -0.15) is 5.10 Å². The third kappa shape index (κ3) is 3.53. The van der Waals surface area contributed by atoms with Crippen LogP contribution in [0.15, 0.2) is 36.5 Å². The van der Waals surface area contributed by atoms with E-state index in [1.165, 1.54) is 6.92 Å². The molecule has 0 radical (unpaired) electrons. The molecule has 0 aliphatic carbocycles. The molecule has 0 bridgehead atoms. The molecule has 1 amide bonds. The van der Waals surface area contributed by atoms with Gasteiger partial charge in [0.2, 0.25) is 0 Å². The summed E-state index contributed by atoms with van der Waals surface area (Å²) in [6.45, 7) is 7.38. The lowest BCUT2D eigenvalue weighted by atomic mass is 10.0. The van der Waals surface area contributed by atoms with E-state index in [0.29, 0.717) is 22.3 Å². The minimum atomic E-state index is -1.09. The number of carbonyl (C=O) groups excluding carboxylic acids is 1. The molecule has 7 heteroatoms. The van der Waals surface area contributed by atoms with E-state index in [-0.39, 0.29) is 6.04 Å². The summed E-state index contributed by atoms with van der Waals surface area (Å²) in [4.78, 5) is 28.6. The number of fused-ring (bicyclic) bond motifs is 1. The zero-order valence-corrected chi connectivity index (χ0v) is 15.7. The van der Waals surface area contributed by atoms with Crippen LogP contribution in [-0.4, -0.2) is 37.8 Å². The first kappa shape index (κ1) is 18.6. The fourth-order valence-corrected chi connectivity index (χ4v) is 2.92. The molecule has 3 rings (SSSR count). The first-order valence-electron chi connectivity index (χ1n) is 8.77. The standard InChI is InChI=1S/C20H22N4O3/c1-11(2)24-18-16(10-21-24)15(19(25)22-13(4)20(26)27)9-17(23-18)14-8-6-5-7-12(14)3/h5-11,13H,1-4H3,(H,22,25)(H,26,27)/t13-/m1/s1. The Kier molecular flexibility index (Phi) is 4.94. The maximum Gasteiger partial charge on any atom is 0.325 e. The number of pyridine rings is 1. The largest absolute Gasteiger partial charge is 0.480 e. The molecule has 0 aliphatic heterocycles. The topological polar surface area (TPSA) is 97.1 Å². The first-order valence-corrected chi connectivity index (χ1v) is 8.77. The maximum absolute atomic E-state index is 12.8. The summed E-state index contributed by atoms with van der Waals surface area (Å²) in [6.07, 6.45) is 1.60. The van der Waals surface area contributed by atoms with Crippen LogP contribution in [0.3, 0.4) is 0 Å². The number of amides is 1. The van der Waals surface area contributed by atoms with Gasteiger partial charge in [0.25, 0.3) is 5.91 Å². The zero-order valence-electron chi connectivity index (χ0n) is 15.7. The van der Waals surface area contributed by atoms with Gasteiger partial charge in [-0.05, 0) is 39.3 Å². The lowest BCUT2D eigenvalue weighted by molar-refractivity contribution is -0.138. The average molecular weight is 366 g/mol. The fraction of sp³-hybridized carbons (Fsp3) is 0.300. The van der Waals surface area contributed by atoms with Crippen LogP contribution in [0.4, 0.5) is 0 Å². The summed E-state index contributed by atoms with van der Waals surface area (Å²) < 4.78 is 1.76. The highest BCUT2D eigenvalue weighted by molar-refractivity contribution is 6.07. The molecular formula is C20H22N4O3. The number of nitrogens with zero attached hydrogens (tertiary/aromatic N) is 3. The molecule has 0 aliphatic rings. The number of hydrogen-bond acceptors (Lipinski definition) is 4. The number of aromatic nitrogens is 3. The number of benzene rings is 1. The van der Waals surface area contributed by atoms with E-state index >= 15 is 0 Å². The number of carbonyl (C=O) groups is 2. The van der Waals surface area contributed by atoms with Gasteiger partial charge >= 0.3 is 5.97 Å². The van der Waals surface area contributed by atoms with Crippen molar-refractivity contribution in [3.05, 3.63) is 47.7 Å². The Morgan fingerprint density at radius 3 is 2.52 bits per heavy atom. The normalized spacial score (nSPS) is 12.3. The van der Waals surface area contributed by atoms with Crippen molar-refractivity contribution in [1.29, 1.82) is 0 Å². The van der Waals surface area contributed by atoms with E-state index in [0.717, 1.165) is 11.1 Å². The first-order chi connectivity index (χ1) is 12.8. The molecule has 140 valence electrons. The van der Waals surface area contributed by atoms with Crippen molar-refractivity contribution in [2.75, 3.05) is 0 Å². The monoisotopic (exact) mass is 366 g/mol. The molecule has 1 atom stereocenters. The van der Waals surface area contributed by atoms with Crippen molar-refractivity contribution in [2.24, 2.45) is 0 Å². The minimum Gasteiger partial charge on any atom is -0.480 e. The van der Waals surface area contributed by atoms with E-state index in [1.54, 1.807) is 16.9 Å². The van der Waals surface area contributed by atoms with Gasteiger partial charge in [-0.3, -0.25) is 9.59 Å². The third-order valence-corrected chi connectivity index (χ3v) is 4.44. The van der Waals surface area contributed by atoms with Crippen LogP contribution in [0.2, 0.25) is 0 Å². The fourth-order valence-electron chi connectivity index (χ4n) is 2.92. The number of carboxylic acid groups (broad SMARTS) is 1. The molecule has 0 saturated carbocycles. The Labute approximate surface area is 157 Å². The van der Waals surface area contributed by atoms with Gasteiger partial charge in [0, 0.05) is 11.6 Å². The van der Waals surface area contributed by atoms with Gasteiger partial charge in [-0.15, -0.1) is 0 Å². The van der Waals surface area contributed by atoms with Crippen LogP contribution < -0.4 is 5.32 Å². The highest BCUT2D eigenvalue weighted by Gasteiger charge is 2.21. The smallest absolute Gasteiger partial charge is 0.325 e. The van der Waals surface area contributed by atoms with E-state index in [4.69, 9.17) is 10.1 Å². The van der Waals surface area contributed by atoms with Crippen molar-refractivity contribution in [3.63, 3.8) is 0 Å². The van der Waals surface area contributed by atoms with Crippen LogP contribution >= 0.6 is 0 Å². The molecule has 0 unspecified atom stereocenters. The molecule has 0 saturated heterocycles. The second-order valence-corrected chi connectivity index (χ2v) is 6.82. The summed E-state index contributed by atoms with van der Waals surface area (Å²) >= 11 is 0. The predicted octanol–water partition coefficient (Wildman–Crippen LogP) is 3.19. The molecule has 2 N–H and O–H groups in total. The number of nitrogens with one attached hydrogen (secondary N) is 1. The van der Waals surface area contributed by atoms with Gasteiger partial charge in [-0.25, -0.2) is 9.67 Å². The molecule has 0 spiro atoms. The summed E-state index contributed by atoms with van der Waals surface area (Å²) in [5, 5.41) is 16.6. The molecule has 27 heavy (non-hydrogen) atoms. The van der Waals surface area contributed by atoms with Gasteiger partial charge in [0.1, 0.15) is 6.04 Å². The molecule has 1 aromatic carbocycles. The van der Waals surface area contributed by atoms with Crippen molar-refractivity contribution in [1.82, 2.24) is 20.1 Å². The highest BCUT2D eigenvalue weighted by atomic mass is 16.4. The molecule has 2 heterocycles. The predicted molar refractivity (Wildman–Crippen MR) is 103 cm³/mol. The van der Waals surface area contributed by atoms with Crippen molar-refractivity contribution < 1.29 is 14.7 Å². The number of carboxylic acids is 1. The third-order valence-electron chi connectivity index (χ3n) is 4.44. The Bertz CT molecular complexity index is 1020. The minimum absolute atomic E-state index is 0.0657. The van der Waals surface area contributed by atoms with Gasteiger partial charge < -0.3 is 10.4 Å². The SMILES string of the molecule is Cc1ccccc1-c1cc(C(=O)N[C@H](C)C(=O)O)c2cnn(C(C)C)c2n1. The average Bonchev–Trinajstić information content (AvgIpc) is 3.05. The van der Waals surface area contributed by atoms with Crippen LogP contribution in [0, 0.1) is 6.92 Å². The number of hydrogen-bond donors (Lipinski definition) is 2. The Hall–Kier alpha value is -3.22. The summed E-state index contributed by atoms with van der Waals surface area (Å²) in [6, 6.07) is 8.55. The van der Waals surface area contributed by atoms with Crippen LogP contribution in [-0.2, 0) is 4.79 Å². The summed E-state index contributed by atoms with van der Waals surface area (Å²) in [5.74, 6) is -1.55. The van der Waals surface area contributed by atoms with Gasteiger partial charge in [0.15, 0.2) is 5.65 Å². The second kappa shape index (κ2) is 7.19. The van der Waals surface area contributed by atoms with Crippen molar-refractivity contribution in [2.45, 2.75) is 39.8 Å². The highest BCUT2D eigenvalue weighted by Crippen LogP contribution is 2.28. The van der Waals surface area contributed by atoms with Crippen LogP contribution in [0.1, 0.15) is 42.7 Å². The van der Waals surface area contributed by atoms with Crippen LogP contribution in [0.25, 0.3) is 22.3 Å². The Morgan fingerprint density at radius 2 is 1.89 bits per heavy atom. The number of aryl methyl sites for hydroxylation is 1. The summed E-state index contributed by atoms with van der Waals surface area (Å²) in [5.41, 5.74) is 3.55. The molecule has 0 fully saturated rings. The Balaban J connectivity index is 2.21. The van der Waals surface area contributed by atoms with Crippen molar-refractivity contribution >= 4 is 22.9 Å². The molecule has 7 nitrogen and oxygen atoms in total. The van der Waals surface area contributed by atoms with E-state index < -0.39 is 17.9 Å². The second-order valence-electron chi connectivity index (χ2n) is 6.82. The van der Waals surface area contributed by atoms with Crippen LogP contribution in [0.5, 0.6) is 0 Å². The lowest BCUT2D eigenvalue weighted by Crippen LogP contribution is -2.38. The number of rotatable bonds is 5. The molecule has 3 aromatic rings. The zero-order chi connectivity index (χ0) is 19.7. The molecular weight excluding hydrogens is 344 g/mol. The van der Waals surface area contributed by atoms with Gasteiger partial charge in [0.05, 0.1) is 22.8 Å². The quantitative estimate of drug-likeness (QED) is 0.723. The lowest BCUT2D eigenvalue weighted by Gasteiger charge is -2.13. The van der Waals surface area contributed by atoms with Gasteiger partial charge in [-0.1, -0.05) is 24.3 Å². The number of aliphatic carboxylic acids is 1.